The van der Waals surface area contributed by atoms with Gasteiger partial charge < -0.3 is 15.0 Å². The van der Waals surface area contributed by atoms with Gasteiger partial charge in [-0.2, -0.15) is 0 Å². The number of aryl methyl sites for hydroxylation is 1. The number of hydroxylamine groups is 1. The number of carbonyl (C=O) groups excluding carboxylic acids is 1. The van der Waals surface area contributed by atoms with Gasteiger partial charge in [-0.1, -0.05) is 34.5 Å². The Morgan fingerprint density at radius 3 is 2.91 bits per heavy atom. The van der Waals surface area contributed by atoms with Crippen molar-refractivity contribution < 1.29 is 19.1 Å². The molecule has 0 aliphatic heterocycles. The molecule has 0 spiro atoms. The Morgan fingerprint density at radius 2 is 2.21 bits per heavy atom. The molecule has 0 aliphatic carbocycles. The molecule has 4 rings (SSSR count). The molecule has 2 aromatic heterocycles. The van der Waals surface area contributed by atoms with Gasteiger partial charge in [0, 0.05) is 9.85 Å². The topological polar surface area (TPSA) is 101 Å². The molecule has 12 heteroatoms. The predicted octanol–water partition coefficient (Wildman–Crippen LogP) is 5.06. The molecule has 0 bridgehead atoms. The van der Waals surface area contributed by atoms with E-state index in [1.54, 1.807) is 34.1 Å². The average molecular weight is 569 g/mol. The van der Waals surface area contributed by atoms with Crippen LogP contribution >= 0.6 is 38.9 Å². The number of carbonyl (C=O) groups is 1. The average Bonchev–Trinajstić information content (AvgIpc) is 3.44. The monoisotopic (exact) mass is 567 g/mol. The molecule has 0 saturated carbocycles. The molecule has 1 amide bonds. The summed E-state index contributed by atoms with van der Waals surface area (Å²) in [6.45, 7) is 2.01. The van der Waals surface area contributed by atoms with E-state index in [4.69, 9.17) is 21.5 Å². The molecule has 0 aliphatic rings. The van der Waals surface area contributed by atoms with Crippen molar-refractivity contribution >= 4 is 67.2 Å². The van der Waals surface area contributed by atoms with Crippen LogP contribution in [0.1, 0.15) is 28.0 Å². The molecule has 2 heterocycles. The SMILES string of the molecule is CCc1nc(Cn2cnc3c(F)c(Nc4ccc(Br)cc4Cl)c(C(=O)NOCCO)cc32)cs1. The van der Waals surface area contributed by atoms with E-state index in [1.807, 2.05) is 12.3 Å². The van der Waals surface area contributed by atoms with Gasteiger partial charge in [0.2, 0.25) is 0 Å². The Bertz CT molecular complexity index is 1350. The molecule has 178 valence electrons. The Labute approximate surface area is 211 Å². The minimum absolute atomic E-state index is 0.0174. The molecule has 2 aromatic carbocycles. The number of imidazole rings is 1. The van der Waals surface area contributed by atoms with Crippen molar-refractivity contribution in [2.45, 2.75) is 19.9 Å². The zero-order chi connectivity index (χ0) is 24.2. The number of nitrogens with zero attached hydrogens (tertiary/aromatic N) is 3. The molecule has 0 atom stereocenters. The molecular weight excluding hydrogens is 549 g/mol. The van der Waals surface area contributed by atoms with Crippen molar-refractivity contribution in [1.82, 2.24) is 20.0 Å². The van der Waals surface area contributed by atoms with Gasteiger partial charge in [-0.25, -0.2) is 19.8 Å². The molecule has 0 unspecified atom stereocenters. The second-order valence-corrected chi connectivity index (χ2v) is 9.46. The number of anilines is 2. The van der Waals surface area contributed by atoms with Crippen LogP contribution in [0.2, 0.25) is 5.02 Å². The van der Waals surface area contributed by atoms with Crippen LogP contribution in [0.15, 0.2) is 40.4 Å². The van der Waals surface area contributed by atoms with Gasteiger partial charge in [0.1, 0.15) is 5.52 Å². The Balaban J connectivity index is 1.78. The lowest BCUT2D eigenvalue weighted by atomic mass is 10.1. The zero-order valence-corrected chi connectivity index (χ0v) is 21.1. The number of hydrogen-bond donors (Lipinski definition) is 3. The fraction of sp³-hybridized carbons (Fsp3) is 0.227. The number of fused-ring (bicyclic) bond motifs is 1. The predicted molar refractivity (Wildman–Crippen MR) is 133 cm³/mol. The maximum atomic E-state index is 15.7. The first-order chi connectivity index (χ1) is 16.4. The minimum Gasteiger partial charge on any atom is -0.394 e. The quantitative estimate of drug-likeness (QED) is 0.193. The summed E-state index contributed by atoms with van der Waals surface area (Å²) in [5, 5.41) is 15.1. The lowest BCUT2D eigenvalue weighted by molar-refractivity contribution is 0.0169. The highest BCUT2D eigenvalue weighted by atomic mass is 79.9. The maximum Gasteiger partial charge on any atom is 0.277 e. The number of aromatic nitrogens is 3. The molecular formula is C22H20BrClFN5O3S. The highest BCUT2D eigenvalue weighted by Crippen LogP contribution is 2.34. The second kappa shape index (κ2) is 10.8. The molecule has 4 aromatic rings. The van der Waals surface area contributed by atoms with Gasteiger partial charge in [0.15, 0.2) is 5.82 Å². The summed E-state index contributed by atoms with van der Waals surface area (Å²) in [5.74, 6) is -1.41. The first kappa shape index (κ1) is 24.6. The van der Waals surface area contributed by atoms with Crippen LogP contribution < -0.4 is 10.8 Å². The molecule has 0 saturated heterocycles. The van der Waals surface area contributed by atoms with E-state index in [-0.39, 0.29) is 30.0 Å². The number of thiazole rings is 1. The second-order valence-electron chi connectivity index (χ2n) is 7.19. The van der Waals surface area contributed by atoms with Gasteiger partial charge in [0.05, 0.1) is 64.3 Å². The standard InChI is InChI=1S/C22H20BrClFN5O3S/c1-2-18-27-13(10-34-18)9-30-11-26-21-17(30)8-14(22(32)29-33-6-5-31)20(19(21)25)28-16-4-3-12(23)7-15(16)24/h3-4,7-8,10-11,28,31H,2,5-6,9H2,1H3,(H,29,32). The van der Waals surface area contributed by atoms with Crippen molar-refractivity contribution in [3.05, 3.63) is 67.6 Å². The van der Waals surface area contributed by atoms with Crippen LogP contribution in [0.25, 0.3) is 11.0 Å². The van der Waals surface area contributed by atoms with E-state index in [0.29, 0.717) is 22.8 Å². The van der Waals surface area contributed by atoms with E-state index in [1.165, 1.54) is 12.4 Å². The van der Waals surface area contributed by atoms with Crippen molar-refractivity contribution in [3.63, 3.8) is 0 Å². The van der Waals surface area contributed by atoms with Crippen LogP contribution in [-0.4, -0.2) is 38.8 Å². The largest absolute Gasteiger partial charge is 0.394 e. The summed E-state index contributed by atoms with van der Waals surface area (Å²) in [6, 6.07) is 6.58. The highest BCUT2D eigenvalue weighted by molar-refractivity contribution is 9.10. The summed E-state index contributed by atoms with van der Waals surface area (Å²) in [7, 11) is 0. The Hall–Kier alpha value is -2.57. The normalized spacial score (nSPS) is 11.2. The summed E-state index contributed by atoms with van der Waals surface area (Å²) < 4.78 is 18.2. The fourth-order valence-electron chi connectivity index (χ4n) is 3.29. The van der Waals surface area contributed by atoms with Gasteiger partial charge >= 0.3 is 0 Å². The zero-order valence-electron chi connectivity index (χ0n) is 17.9. The minimum atomic E-state index is -0.713. The highest BCUT2D eigenvalue weighted by Gasteiger charge is 2.23. The summed E-state index contributed by atoms with van der Waals surface area (Å²) in [5.41, 5.74) is 3.85. The number of rotatable bonds is 9. The van der Waals surface area contributed by atoms with Crippen molar-refractivity contribution in [2.75, 3.05) is 18.5 Å². The molecule has 3 N–H and O–H groups in total. The summed E-state index contributed by atoms with van der Waals surface area (Å²) >= 11 is 11.2. The summed E-state index contributed by atoms with van der Waals surface area (Å²) in [6.07, 6.45) is 2.34. The van der Waals surface area contributed by atoms with E-state index in [2.05, 4.69) is 36.7 Å². The van der Waals surface area contributed by atoms with Crippen LogP contribution in [0.4, 0.5) is 15.8 Å². The molecule has 0 radical (unpaired) electrons. The first-order valence-corrected chi connectivity index (χ1v) is 12.3. The van der Waals surface area contributed by atoms with E-state index in [0.717, 1.165) is 21.6 Å². The number of amides is 1. The van der Waals surface area contributed by atoms with Crippen LogP contribution in [0.5, 0.6) is 0 Å². The van der Waals surface area contributed by atoms with E-state index < -0.39 is 11.7 Å². The fourth-order valence-corrected chi connectivity index (χ4v) is 4.74. The van der Waals surface area contributed by atoms with Gasteiger partial charge in [-0.05, 0) is 30.7 Å². The van der Waals surface area contributed by atoms with Gasteiger partial charge in [-0.3, -0.25) is 9.63 Å². The van der Waals surface area contributed by atoms with Crippen LogP contribution in [-0.2, 0) is 17.8 Å². The van der Waals surface area contributed by atoms with E-state index >= 15 is 4.39 Å². The number of hydrogen-bond acceptors (Lipinski definition) is 7. The van der Waals surface area contributed by atoms with E-state index in [9.17, 15) is 4.79 Å². The van der Waals surface area contributed by atoms with Gasteiger partial charge in [0.25, 0.3) is 5.91 Å². The first-order valence-electron chi connectivity index (χ1n) is 10.3. The number of aliphatic hydroxyl groups excluding tert-OH is 1. The number of nitrogens with one attached hydrogen (secondary N) is 2. The third-order valence-corrected chi connectivity index (χ3v) is 6.73. The van der Waals surface area contributed by atoms with Crippen molar-refractivity contribution in [2.24, 2.45) is 0 Å². The van der Waals surface area contributed by atoms with Crippen molar-refractivity contribution in [3.8, 4) is 0 Å². The van der Waals surface area contributed by atoms with Crippen molar-refractivity contribution in [1.29, 1.82) is 0 Å². The number of benzene rings is 2. The number of aliphatic hydroxyl groups is 1. The third kappa shape index (κ3) is 5.23. The molecule has 8 nitrogen and oxygen atoms in total. The Kier molecular flexibility index (Phi) is 7.79. The third-order valence-electron chi connectivity index (χ3n) is 4.88. The van der Waals surface area contributed by atoms with Crippen LogP contribution in [0.3, 0.4) is 0 Å². The lowest BCUT2D eigenvalue weighted by Gasteiger charge is -2.15. The van der Waals surface area contributed by atoms with Gasteiger partial charge in [-0.15, -0.1) is 11.3 Å². The number of halogens is 3. The Morgan fingerprint density at radius 1 is 1.38 bits per heavy atom. The molecule has 0 fully saturated rings. The summed E-state index contributed by atoms with van der Waals surface area (Å²) in [4.78, 5) is 26.6. The smallest absolute Gasteiger partial charge is 0.277 e. The maximum absolute atomic E-state index is 15.7. The molecule has 34 heavy (non-hydrogen) atoms. The lowest BCUT2D eigenvalue weighted by Crippen LogP contribution is -2.26. The van der Waals surface area contributed by atoms with Crippen LogP contribution in [0, 0.1) is 5.82 Å².